The summed E-state index contributed by atoms with van der Waals surface area (Å²) in [5.41, 5.74) is 5.96. The summed E-state index contributed by atoms with van der Waals surface area (Å²) in [6.45, 7) is 1.56. The van der Waals surface area contributed by atoms with Crippen molar-refractivity contribution in [1.29, 1.82) is 0 Å². The topological polar surface area (TPSA) is 72.2 Å². The summed E-state index contributed by atoms with van der Waals surface area (Å²) in [5.74, 6) is -1.17. The molecule has 0 spiro atoms. The van der Waals surface area contributed by atoms with Crippen LogP contribution in [-0.4, -0.2) is 8.42 Å². The van der Waals surface area contributed by atoms with Gasteiger partial charge in [-0.1, -0.05) is 12.1 Å². The van der Waals surface area contributed by atoms with Gasteiger partial charge in [0.05, 0.1) is 5.69 Å². The number of anilines is 1. The van der Waals surface area contributed by atoms with Gasteiger partial charge in [-0.15, -0.1) is 0 Å². The minimum absolute atomic E-state index is 0.0599. The van der Waals surface area contributed by atoms with Crippen molar-refractivity contribution in [3.63, 3.8) is 0 Å². The summed E-state index contributed by atoms with van der Waals surface area (Å²) in [5, 5.41) is 0. The maximum atomic E-state index is 13.2. The third-order valence-electron chi connectivity index (χ3n) is 2.95. The fourth-order valence-corrected chi connectivity index (χ4v) is 3.26. The van der Waals surface area contributed by atoms with Crippen LogP contribution in [0, 0.1) is 11.6 Å². The maximum absolute atomic E-state index is 13.2. The van der Waals surface area contributed by atoms with Crippen LogP contribution < -0.4 is 10.5 Å². The molecule has 2 rings (SSSR count). The molecule has 21 heavy (non-hydrogen) atoms. The fraction of sp³-hybridized carbons (Fsp3) is 0.143. The zero-order valence-electron chi connectivity index (χ0n) is 11.2. The number of nitrogens with two attached hydrogens (primary N) is 1. The molecule has 2 aromatic rings. The molecule has 1 unspecified atom stereocenters. The van der Waals surface area contributed by atoms with E-state index in [4.69, 9.17) is 5.73 Å². The molecule has 0 fully saturated rings. The van der Waals surface area contributed by atoms with Gasteiger partial charge in [0, 0.05) is 6.04 Å². The van der Waals surface area contributed by atoms with E-state index in [9.17, 15) is 17.2 Å². The average Bonchev–Trinajstić information content (AvgIpc) is 2.41. The molecule has 0 bridgehead atoms. The Morgan fingerprint density at radius 3 is 2.43 bits per heavy atom. The van der Waals surface area contributed by atoms with Gasteiger partial charge in [0.25, 0.3) is 0 Å². The van der Waals surface area contributed by atoms with Crippen LogP contribution in [0.15, 0.2) is 47.4 Å². The Morgan fingerprint density at radius 1 is 1.10 bits per heavy atom. The van der Waals surface area contributed by atoms with Gasteiger partial charge in [-0.2, -0.15) is 0 Å². The van der Waals surface area contributed by atoms with E-state index in [0.717, 1.165) is 12.1 Å². The van der Waals surface area contributed by atoms with Crippen LogP contribution in [0.2, 0.25) is 0 Å². The molecule has 3 N–H and O–H groups in total. The molecule has 0 aliphatic heterocycles. The smallest absolute Gasteiger partial charge is 0.243 e. The Hall–Kier alpha value is -1.99. The van der Waals surface area contributed by atoms with E-state index in [1.807, 2.05) is 0 Å². The molecule has 0 radical (unpaired) electrons. The first kappa shape index (κ1) is 15.4. The van der Waals surface area contributed by atoms with Gasteiger partial charge in [0.15, 0.2) is 0 Å². The molecular weight excluding hydrogens is 298 g/mol. The highest BCUT2D eigenvalue weighted by molar-refractivity contribution is 7.89. The van der Waals surface area contributed by atoms with E-state index in [-0.39, 0.29) is 10.6 Å². The van der Waals surface area contributed by atoms with E-state index >= 15 is 0 Å². The first-order valence-electron chi connectivity index (χ1n) is 6.12. The molecule has 0 saturated heterocycles. The van der Waals surface area contributed by atoms with Crippen molar-refractivity contribution < 1.29 is 17.2 Å². The minimum atomic E-state index is -4.01. The second-order valence-electron chi connectivity index (χ2n) is 4.58. The molecule has 0 aliphatic rings. The summed E-state index contributed by atoms with van der Waals surface area (Å²) in [4.78, 5) is -0.342. The lowest BCUT2D eigenvalue weighted by atomic mass is 10.1. The van der Waals surface area contributed by atoms with Crippen molar-refractivity contribution in [3.8, 4) is 0 Å². The molecule has 112 valence electrons. The van der Waals surface area contributed by atoms with Gasteiger partial charge in [-0.25, -0.2) is 21.9 Å². The van der Waals surface area contributed by atoms with Crippen molar-refractivity contribution in [2.45, 2.75) is 17.9 Å². The van der Waals surface area contributed by atoms with Crippen LogP contribution in [0.1, 0.15) is 18.5 Å². The minimum Gasteiger partial charge on any atom is -0.398 e. The zero-order chi connectivity index (χ0) is 15.6. The second-order valence-corrected chi connectivity index (χ2v) is 6.26. The molecule has 7 heteroatoms. The third-order valence-corrected chi connectivity index (χ3v) is 4.54. The van der Waals surface area contributed by atoms with Crippen LogP contribution in [0.5, 0.6) is 0 Å². The fourth-order valence-electron chi connectivity index (χ4n) is 1.88. The zero-order valence-corrected chi connectivity index (χ0v) is 12.0. The third kappa shape index (κ3) is 3.56. The number of hydrogen-bond acceptors (Lipinski definition) is 3. The van der Waals surface area contributed by atoms with Crippen LogP contribution >= 0.6 is 0 Å². The Balaban J connectivity index is 2.31. The van der Waals surface area contributed by atoms with E-state index in [2.05, 4.69) is 4.72 Å². The summed E-state index contributed by atoms with van der Waals surface area (Å²) < 4.78 is 53.1. The Labute approximate surface area is 121 Å². The van der Waals surface area contributed by atoms with Gasteiger partial charge in [-0.3, -0.25) is 0 Å². The second kappa shape index (κ2) is 5.79. The van der Waals surface area contributed by atoms with E-state index in [0.29, 0.717) is 5.56 Å². The quantitative estimate of drug-likeness (QED) is 0.852. The van der Waals surface area contributed by atoms with Gasteiger partial charge in [-0.05, 0) is 42.8 Å². The summed E-state index contributed by atoms with van der Waals surface area (Å²) in [6, 6.07) is 7.96. The highest BCUT2D eigenvalue weighted by Crippen LogP contribution is 2.22. The first-order valence-corrected chi connectivity index (χ1v) is 7.61. The molecule has 0 saturated carbocycles. The predicted octanol–water partition coefficient (Wildman–Crippen LogP) is 2.59. The molecular formula is C14H14F2N2O2S. The molecule has 0 aromatic heterocycles. The summed E-state index contributed by atoms with van der Waals surface area (Å²) in [6.07, 6.45) is 0. The normalized spacial score (nSPS) is 13.1. The van der Waals surface area contributed by atoms with Crippen molar-refractivity contribution in [2.24, 2.45) is 0 Å². The van der Waals surface area contributed by atoms with Gasteiger partial charge in [0.1, 0.15) is 16.5 Å². The lowest BCUT2D eigenvalue weighted by Gasteiger charge is -2.15. The SMILES string of the molecule is CC(NS(=O)(=O)c1cc(F)ccc1N)c1cccc(F)c1. The molecule has 0 aliphatic carbocycles. The number of sulfonamides is 1. The summed E-state index contributed by atoms with van der Waals surface area (Å²) >= 11 is 0. The molecule has 1 atom stereocenters. The Bertz CT molecular complexity index is 763. The van der Waals surface area contributed by atoms with Gasteiger partial charge in [0.2, 0.25) is 10.0 Å². The van der Waals surface area contributed by atoms with Crippen LogP contribution in [0.3, 0.4) is 0 Å². The van der Waals surface area contributed by atoms with Crippen molar-refractivity contribution >= 4 is 15.7 Å². The predicted molar refractivity (Wildman–Crippen MR) is 75.9 cm³/mol. The summed E-state index contributed by atoms with van der Waals surface area (Å²) in [7, 11) is -4.01. The van der Waals surface area contributed by atoms with Crippen LogP contribution in [-0.2, 0) is 10.0 Å². The Morgan fingerprint density at radius 2 is 1.76 bits per heavy atom. The van der Waals surface area contributed by atoms with Crippen LogP contribution in [0.4, 0.5) is 14.5 Å². The Kier molecular flexibility index (Phi) is 4.24. The molecule has 4 nitrogen and oxygen atoms in total. The van der Waals surface area contributed by atoms with E-state index in [1.54, 1.807) is 13.0 Å². The molecule has 2 aromatic carbocycles. The highest BCUT2D eigenvalue weighted by atomic mass is 32.2. The van der Waals surface area contributed by atoms with Crippen molar-refractivity contribution in [1.82, 2.24) is 4.72 Å². The largest absolute Gasteiger partial charge is 0.398 e. The van der Waals surface area contributed by atoms with E-state index < -0.39 is 27.7 Å². The van der Waals surface area contributed by atoms with Crippen molar-refractivity contribution in [3.05, 3.63) is 59.7 Å². The number of benzene rings is 2. The highest BCUT2D eigenvalue weighted by Gasteiger charge is 2.21. The number of nitrogen functional groups attached to an aromatic ring is 1. The molecule has 0 amide bonds. The number of nitrogens with one attached hydrogen (secondary N) is 1. The lowest BCUT2D eigenvalue weighted by molar-refractivity contribution is 0.562. The number of halogens is 2. The first-order chi connectivity index (χ1) is 9.79. The standard InChI is InChI=1S/C14H14F2N2O2S/c1-9(10-3-2-4-11(15)7-10)18-21(19,20)14-8-12(16)5-6-13(14)17/h2-9,18H,17H2,1H3. The van der Waals surface area contributed by atoms with Crippen molar-refractivity contribution in [2.75, 3.05) is 5.73 Å². The van der Waals surface area contributed by atoms with Gasteiger partial charge < -0.3 is 5.73 Å². The number of rotatable bonds is 4. The van der Waals surface area contributed by atoms with Gasteiger partial charge >= 0.3 is 0 Å². The average molecular weight is 312 g/mol. The molecule has 0 heterocycles. The maximum Gasteiger partial charge on any atom is 0.243 e. The lowest BCUT2D eigenvalue weighted by Crippen LogP contribution is -2.27. The number of hydrogen-bond donors (Lipinski definition) is 2. The van der Waals surface area contributed by atoms with E-state index in [1.165, 1.54) is 24.3 Å². The van der Waals surface area contributed by atoms with Crippen LogP contribution in [0.25, 0.3) is 0 Å². The monoisotopic (exact) mass is 312 g/mol.